The molecule has 4 nitrogen and oxygen atoms in total. The number of amides is 2. The first-order valence-electron chi connectivity index (χ1n) is 10.1. The largest absolute Gasteiger partial charge is 0.334 e. The molecule has 3 fully saturated rings. The molecule has 0 aromatic rings. The lowest BCUT2D eigenvalue weighted by Gasteiger charge is -2.32. The monoisotopic (exact) mass is 321 g/mol. The van der Waals surface area contributed by atoms with Crippen molar-refractivity contribution in [2.24, 2.45) is 11.8 Å². The summed E-state index contributed by atoms with van der Waals surface area (Å²) < 4.78 is 0. The maximum Gasteiger partial charge on any atom is 0.317 e. The number of carbonyl (C=O) groups is 1. The van der Waals surface area contributed by atoms with Gasteiger partial charge >= 0.3 is 6.03 Å². The normalized spacial score (nSPS) is 28.9. The fourth-order valence-corrected chi connectivity index (χ4v) is 4.85. The molecule has 0 spiro atoms. The number of nitrogens with one attached hydrogen (secondary N) is 2. The molecule has 1 aliphatic carbocycles. The minimum atomic E-state index is 0.173. The first-order chi connectivity index (χ1) is 11.3. The van der Waals surface area contributed by atoms with Gasteiger partial charge in [-0.25, -0.2) is 4.79 Å². The van der Waals surface area contributed by atoms with Gasteiger partial charge in [-0.2, -0.15) is 0 Å². The van der Waals surface area contributed by atoms with Gasteiger partial charge in [0.25, 0.3) is 0 Å². The maximum absolute atomic E-state index is 12.4. The van der Waals surface area contributed by atoms with E-state index >= 15 is 0 Å². The number of urea groups is 1. The van der Waals surface area contributed by atoms with Crippen LogP contribution in [0, 0.1) is 11.8 Å². The Hall–Kier alpha value is -0.770. The Morgan fingerprint density at radius 2 is 1.43 bits per heavy atom. The fraction of sp³-hybridized carbons (Fsp3) is 0.947. The van der Waals surface area contributed by atoms with Crippen LogP contribution in [0.3, 0.4) is 0 Å². The third kappa shape index (κ3) is 5.10. The highest BCUT2D eigenvalue weighted by atomic mass is 16.2. The molecule has 0 aromatic heterocycles. The Morgan fingerprint density at radius 1 is 0.826 bits per heavy atom. The number of nitrogens with zero attached hydrogens (tertiary/aromatic N) is 1. The molecule has 3 rings (SSSR count). The van der Waals surface area contributed by atoms with E-state index in [-0.39, 0.29) is 6.03 Å². The SMILES string of the molecule is O=C(N[C@@H]1CCNC1)N1CCCC(C2CCCCCC2)CCC1. The van der Waals surface area contributed by atoms with Gasteiger partial charge in [0, 0.05) is 25.7 Å². The van der Waals surface area contributed by atoms with E-state index < -0.39 is 0 Å². The Kier molecular flexibility index (Phi) is 6.61. The second-order valence-electron chi connectivity index (χ2n) is 7.92. The first-order valence-corrected chi connectivity index (χ1v) is 10.1. The van der Waals surface area contributed by atoms with Crippen LogP contribution in [-0.2, 0) is 0 Å². The maximum atomic E-state index is 12.4. The van der Waals surface area contributed by atoms with Gasteiger partial charge in [0.1, 0.15) is 0 Å². The van der Waals surface area contributed by atoms with E-state index in [0.717, 1.165) is 44.4 Å². The standard InChI is InChI=1S/C19H35N3O/c23-19(21-18-11-12-20-15-18)22-13-5-9-17(10-6-14-22)16-7-3-1-2-4-8-16/h16-18,20H,1-15H2,(H,21,23)/t18-/m1/s1. The first kappa shape index (κ1) is 17.1. The third-order valence-electron chi connectivity index (χ3n) is 6.25. The Bertz CT molecular complexity index is 350. The van der Waals surface area contributed by atoms with Gasteiger partial charge < -0.3 is 15.5 Å². The van der Waals surface area contributed by atoms with E-state index in [0.29, 0.717) is 6.04 Å². The van der Waals surface area contributed by atoms with E-state index in [2.05, 4.69) is 15.5 Å². The second kappa shape index (κ2) is 8.91. The summed E-state index contributed by atoms with van der Waals surface area (Å²) in [5.41, 5.74) is 0. The van der Waals surface area contributed by atoms with Crippen LogP contribution in [0.1, 0.15) is 70.6 Å². The molecule has 0 unspecified atom stereocenters. The Balaban J connectivity index is 1.43. The van der Waals surface area contributed by atoms with Crippen molar-refractivity contribution in [3.05, 3.63) is 0 Å². The minimum Gasteiger partial charge on any atom is -0.334 e. The molecule has 0 aromatic carbocycles. The number of hydrogen-bond donors (Lipinski definition) is 2. The summed E-state index contributed by atoms with van der Waals surface area (Å²) in [5, 5.41) is 6.52. The third-order valence-corrected chi connectivity index (χ3v) is 6.25. The molecule has 132 valence electrons. The molecule has 2 saturated heterocycles. The number of rotatable bonds is 2. The predicted molar refractivity (Wildman–Crippen MR) is 94.5 cm³/mol. The van der Waals surface area contributed by atoms with Crippen LogP contribution in [0.15, 0.2) is 0 Å². The van der Waals surface area contributed by atoms with Crippen LogP contribution in [0.2, 0.25) is 0 Å². The number of hydrogen-bond acceptors (Lipinski definition) is 2. The summed E-state index contributed by atoms with van der Waals surface area (Å²) in [6, 6.07) is 0.512. The zero-order valence-electron chi connectivity index (χ0n) is 14.7. The van der Waals surface area contributed by atoms with Gasteiger partial charge in [0.05, 0.1) is 0 Å². The quantitative estimate of drug-likeness (QED) is 0.764. The van der Waals surface area contributed by atoms with E-state index in [1.54, 1.807) is 0 Å². The van der Waals surface area contributed by atoms with Crippen molar-refractivity contribution in [2.75, 3.05) is 26.2 Å². The van der Waals surface area contributed by atoms with E-state index in [1.165, 1.54) is 64.2 Å². The molecule has 0 bridgehead atoms. The van der Waals surface area contributed by atoms with Crippen LogP contribution in [0.25, 0.3) is 0 Å². The summed E-state index contributed by atoms with van der Waals surface area (Å²) >= 11 is 0. The second-order valence-corrected chi connectivity index (χ2v) is 7.92. The van der Waals surface area contributed by atoms with Crippen LogP contribution in [-0.4, -0.2) is 43.2 Å². The van der Waals surface area contributed by atoms with Crippen molar-refractivity contribution >= 4 is 6.03 Å². The molecular weight excluding hydrogens is 286 g/mol. The van der Waals surface area contributed by atoms with Gasteiger partial charge in [-0.15, -0.1) is 0 Å². The minimum absolute atomic E-state index is 0.173. The van der Waals surface area contributed by atoms with Gasteiger partial charge in [0.15, 0.2) is 0 Å². The highest BCUT2D eigenvalue weighted by Gasteiger charge is 2.26. The topological polar surface area (TPSA) is 44.4 Å². The highest BCUT2D eigenvalue weighted by molar-refractivity contribution is 5.74. The average Bonchev–Trinajstić information content (AvgIpc) is 2.87. The number of likely N-dealkylation sites (tertiary alicyclic amines) is 1. The van der Waals surface area contributed by atoms with Crippen molar-refractivity contribution in [2.45, 2.75) is 76.7 Å². The molecule has 2 heterocycles. The number of carbonyl (C=O) groups excluding carboxylic acids is 1. The van der Waals surface area contributed by atoms with E-state index in [4.69, 9.17) is 0 Å². The van der Waals surface area contributed by atoms with Crippen molar-refractivity contribution in [1.82, 2.24) is 15.5 Å². The van der Waals surface area contributed by atoms with Crippen molar-refractivity contribution in [1.29, 1.82) is 0 Å². The van der Waals surface area contributed by atoms with E-state index in [9.17, 15) is 4.79 Å². The summed E-state index contributed by atoms with van der Waals surface area (Å²) in [7, 11) is 0. The summed E-state index contributed by atoms with van der Waals surface area (Å²) in [6.07, 6.45) is 14.8. The molecule has 23 heavy (non-hydrogen) atoms. The van der Waals surface area contributed by atoms with Crippen molar-refractivity contribution in [3.63, 3.8) is 0 Å². The van der Waals surface area contributed by atoms with Crippen molar-refractivity contribution < 1.29 is 4.79 Å². The van der Waals surface area contributed by atoms with Crippen LogP contribution in [0.4, 0.5) is 4.79 Å². The Morgan fingerprint density at radius 3 is 2.00 bits per heavy atom. The smallest absolute Gasteiger partial charge is 0.317 e. The zero-order valence-corrected chi connectivity index (χ0v) is 14.7. The summed E-state index contributed by atoms with van der Waals surface area (Å²) in [4.78, 5) is 14.5. The average molecular weight is 322 g/mol. The molecule has 4 heteroatoms. The van der Waals surface area contributed by atoms with E-state index in [1.807, 2.05) is 0 Å². The lowest BCUT2D eigenvalue weighted by atomic mass is 9.80. The molecule has 2 aliphatic heterocycles. The molecule has 3 aliphatic rings. The highest BCUT2D eigenvalue weighted by Crippen LogP contribution is 2.35. The van der Waals surface area contributed by atoms with Crippen molar-refractivity contribution in [3.8, 4) is 0 Å². The Labute approximate surface area is 141 Å². The molecule has 0 radical (unpaired) electrons. The molecule has 1 saturated carbocycles. The predicted octanol–water partition coefficient (Wildman–Crippen LogP) is 3.52. The molecule has 2 N–H and O–H groups in total. The molecule has 1 atom stereocenters. The lowest BCUT2D eigenvalue weighted by Crippen LogP contribution is -2.46. The van der Waals surface area contributed by atoms with Gasteiger partial charge in [0.2, 0.25) is 0 Å². The molecule has 2 amide bonds. The van der Waals surface area contributed by atoms with Crippen LogP contribution in [0.5, 0.6) is 0 Å². The summed E-state index contributed by atoms with van der Waals surface area (Å²) in [5.74, 6) is 1.90. The zero-order chi connectivity index (χ0) is 15.9. The van der Waals surface area contributed by atoms with Crippen LogP contribution < -0.4 is 10.6 Å². The van der Waals surface area contributed by atoms with Crippen LogP contribution >= 0.6 is 0 Å². The molecular formula is C19H35N3O. The fourth-order valence-electron chi connectivity index (χ4n) is 4.85. The lowest BCUT2D eigenvalue weighted by molar-refractivity contribution is 0.171. The van der Waals surface area contributed by atoms with Gasteiger partial charge in [-0.1, -0.05) is 38.5 Å². The summed E-state index contributed by atoms with van der Waals surface area (Å²) in [6.45, 7) is 3.88. The van der Waals surface area contributed by atoms with Gasteiger partial charge in [-0.3, -0.25) is 0 Å². The van der Waals surface area contributed by atoms with Gasteiger partial charge in [-0.05, 0) is 50.5 Å².